The van der Waals surface area contributed by atoms with Crippen molar-refractivity contribution in [2.24, 2.45) is 5.73 Å². The Balaban J connectivity index is 1.87. The summed E-state index contributed by atoms with van der Waals surface area (Å²) in [6.07, 6.45) is 2.43. The number of unbranched alkanes of at least 4 members (excludes halogenated alkanes) is 1. The second kappa shape index (κ2) is 7.88. The van der Waals surface area contributed by atoms with Crippen LogP contribution in [0.25, 0.3) is 0 Å². The normalized spacial score (nSPS) is 15.1. The number of amides is 1. The lowest BCUT2D eigenvalue weighted by atomic mass is 10.2. The van der Waals surface area contributed by atoms with Crippen molar-refractivity contribution >= 4 is 11.6 Å². The van der Waals surface area contributed by atoms with E-state index in [0.717, 1.165) is 50.5 Å². The Morgan fingerprint density at radius 3 is 2.57 bits per heavy atom. The third kappa shape index (κ3) is 4.11. The number of methoxy groups -OCH3 is 1. The minimum absolute atomic E-state index is 0.253. The van der Waals surface area contributed by atoms with Gasteiger partial charge < -0.3 is 20.3 Å². The van der Waals surface area contributed by atoms with E-state index in [1.807, 2.05) is 23.1 Å². The molecule has 21 heavy (non-hydrogen) atoms. The Hall–Kier alpha value is -1.75. The fourth-order valence-electron chi connectivity index (χ4n) is 2.67. The Morgan fingerprint density at radius 1 is 1.19 bits per heavy atom. The van der Waals surface area contributed by atoms with Crippen LogP contribution in [-0.4, -0.2) is 50.6 Å². The van der Waals surface area contributed by atoms with E-state index in [4.69, 9.17) is 10.5 Å². The molecule has 0 saturated carbocycles. The minimum atomic E-state index is 0.253. The maximum atomic E-state index is 12.1. The van der Waals surface area contributed by atoms with Crippen molar-refractivity contribution in [2.45, 2.75) is 19.3 Å². The largest absolute Gasteiger partial charge is 0.495 e. The van der Waals surface area contributed by atoms with Crippen LogP contribution in [0.1, 0.15) is 19.3 Å². The van der Waals surface area contributed by atoms with E-state index in [1.165, 1.54) is 0 Å². The van der Waals surface area contributed by atoms with E-state index in [2.05, 4.69) is 11.0 Å². The Labute approximate surface area is 126 Å². The number of ether oxygens (including phenoxy) is 1. The molecule has 5 nitrogen and oxygen atoms in total. The molecular formula is C16H25N3O2. The number of nitrogens with two attached hydrogens (primary N) is 1. The number of anilines is 1. The molecule has 5 heteroatoms. The van der Waals surface area contributed by atoms with E-state index in [9.17, 15) is 4.79 Å². The van der Waals surface area contributed by atoms with Gasteiger partial charge in [0.25, 0.3) is 0 Å². The fraction of sp³-hybridized carbons (Fsp3) is 0.562. The molecule has 0 spiro atoms. The predicted octanol–water partition coefficient (Wildman–Crippen LogP) is 1.47. The van der Waals surface area contributed by atoms with Crippen LogP contribution >= 0.6 is 0 Å². The molecule has 1 heterocycles. The summed E-state index contributed by atoms with van der Waals surface area (Å²) in [6.45, 7) is 3.92. The van der Waals surface area contributed by atoms with E-state index in [-0.39, 0.29) is 5.91 Å². The Kier molecular flexibility index (Phi) is 5.87. The molecule has 1 saturated heterocycles. The fourth-order valence-corrected chi connectivity index (χ4v) is 2.67. The van der Waals surface area contributed by atoms with Crippen LogP contribution < -0.4 is 15.4 Å². The topological polar surface area (TPSA) is 58.8 Å². The molecule has 0 atom stereocenters. The van der Waals surface area contributed by atoms with E-state index in [1.54, 1.807) is 7.11 Å². The highest BCUT2D eigenvalue weighted by molar-refractivity contribution is 5.76. The van der Waals surface area contributed by atoms with Crippen molar-refractivity contribution in [2.75, 3.05) is 44.7 Å². The zero-order valence-corrected chi connectivity index (χ0v) is 12.8. The molecule has 0 radical (unpaired) electrons. The summed E-state index contributed by atoms with van der Waals surface area (Å²) in [5.74, 6) is 1.14. The third-order valence-electron chi connectivity index (χ3n) is 3.90. The Bertz CT molecular complexity index is 457. The SMILES string of the molecule is COc1ccccc1N1CCN(C(=O)CCCCN)CC1. The molecule has 0 aromatic heterocycles. The summed E-state index contributed by atoms with van der Waals surface area (Å²) in [5.41, 5.74) is 6.57. The molecule has 0 unspecified atom stereocenters. The molecular weight excluding hydrogens is 266 g/mol. The van der Waals surface area contributed by atoms with Gasteiger partial charge in [-0.05, 0) is 31.5 Å². The molecule has 1 aromatic rings. The smallest absolute Gasteiger partial charge is 0.222 e. The van der Waals surface area contributed by atoms with Crippen LogP contribution in [0.5, 0.6) is 5.75 Å². The van der Waals surface area contributed by atoms with Gasteiger partial charge in [0, 0.05) is 32.6 Å². The van der Waals surface area contributed by atoms with Gasteiger partial charge in [-0.2, -0.15) is 0 Å². The van der Waals surface area contributed by atoms with Gasteiger partial charge in [-0.15, -0.1) is 0 Å². The first-order valence-corrected chi connectivity index (χ1v) is 7.62. The van der Waals surface area contributed by atoms with Crippen molar-refractivity contribution in [3.63, 3.8) is 0 Å². The first-order valence-electron chi connectivity index (χ1n) is 7.62. The van der Waals surface area contributed by atoms with Crippen LogP contribution in [0.4, 0.5) is 5.69 Å². The van der Waals surface area contributed by atoms with E-state index in [0.29, 0.717) is 13.0 Å². The molecule has 0 bridgehead atoms. The highest BCUT2D eigenvalue weighted by Crippen LogP contribution is 2.28. The Morgan fingerprint density at radius 2 is 1.90 bits per heavy atom. The average Bonchev–Trinajstić information content (AvgIpc) is 2.55. The molecule has 1 amide bonds. The molecule has 2 N–H and O–H groups in total. The van der Waals surface area contributed by atoms with Crippen molar-refractivity contribution in [1.82, 2.24) is 4.90 Å². The number of hydrogen-bond acceptors (Lipinski definition) is 4. The zero-order valence-electron chi connectivity index (χ0n) is 12.8. The highest BCUT2D eigenvalue weighted by atomic mass is 16.5. The third-order valence-corrected chi connectivity index (χ3v) is 3.90. The summed E-state index contributed by atoms with van der Waals surface area (Å²) < 4.78 is 5.40. The van der Waals surface area contributed by atoms with Crippen molar-refractivity contribution in [3.8, 4) is 5.75 Å². The minimum Gasteiger partial charge on any atom is -0.495 e. The number of carbonyl (C=O) groups excluding carboxylic acids is 1. The van der Waals surface area contributed by atoms with E-state index < -0.39 is 0 Å². The van der Waals surface area contributed by atoms with Gasteiger partial charge in [-0.3, -0.25) is 4.79 Å². The molecule has 0 aliphatic carbocycles. The van der Waals surface area contributed by atoms with Crippen molar-refractivity contribution < 1.29 is 9.53 Å². The second-order valence-corrected chi connectivity index (χ2v) is 5.29. The highest BCUT2D eigenvalue weighted by Gasteiger charge is 2.22. The number of benzene rings is 1. The van der Waals surface area contributed by atoms with Crippen LogP contribution in [0.15, 0.2) is 24.3 Å². The lowest BCUT2D eigenvalue weighted by molar-refractivity contribution is -0.131. The lowest BCUT2D eigenvalue weighted by Gasteiger charge is -2.36. The molecule has 1 aromatic carbocycles. The summed E-state index contributed by atoms with van der Waals surface area (Å²) in [5, 5.41) is 0. The van der Waals surface area contributed by atoms with Gasteiger partial charge in [0.2, 0.25) is 5.91 Å². The maximum absolute atomic E-state index is 12.1. The van der Waals surface area contributed by atoms with Crippen molar-refractivity contribution in [3.05, 3.63) is 24.3 Å². The molecule has 1 aliphatic heterocycles. The quantitative estimate of drug-likeness (QED) is 0.806. The van der Waals surface area contributed by atoms with E-state index >= 15 is 0 Å². The monoisotopic (exact) mass is 291 g/mol. The van der Waals surface area contributed by atoms with Gasteiger partial charge in [-0.1, -0.05) is 12.1 Å². The first kappa shape index (κ1) is 15.6. The molecule has 1 aliphatic rings. The van der Waals surface area contributed by atoms with Gasteiger partial charge in [0.15, 0.2) is 0 Å². The van der Waals surface area contributed by atoms with Gasteiger partial charge in [0.1, 0.15) is 5.75 Å². The van der Waals surface area contributed by atoms with Gasteiger partial charge >= 0.3 is 0 Å². The van der Waals surface area contributed by atoms with Gasteiger partial charge in [0.05, 0.1) is 12.8 Å². The standard InChI is InChI=1S/C16H25N3O2/c1-21-15-7-3-2-6-14(15)18-10-12-19(13-11-18)16(20)8-4-5-9-17/h2-3,6-7H,4-5,8-13,17H2,1H3. The summed E-state index contributed by atoms with van der Waals surface area (Å²) in [4.78, 5) is 16.3. The van der Waals surface area contributed by atoms with Crippen LogP contribution in [-0.2, 0) is 4.79 Å². The predicted molar refractivity (Wildman–Crippen MR) is 84.7 cm³/mol. The molecule has 116 valence electrons. The maximum Gasteiger partial charge on any atom is 0.222 e. The van der Waals surface area contributed by atoms with Crippen LogP contribution in [0.3, 0.4) is 0 Å². The van der Waals surface area contributed by atoms with Crippen LogP contribution in [0.2, 0.25) is 0 Å². The first-order chi connectivity index (χ1) is 10.3. The molecule has 2 rings (SSSR count). The van der Waals surface area contributed by atoms with Crippen LogP contribution in [0, 0.1) is 0 Å². The number of para-hydroxylation sites is 2. The molecule has 1 fully saturated rings. The summed E-state index contributed by atoms with van der Waals surface area (Å²) in [6, 6.07) is 8.03. The zero-order chi connectivity index (χ0) is 15.1. The lowest BCUT2D eigenvalue weighted by Crippen LogP contribution is -2.48. The van der Waals surface area contributed by atoms with Gasteiger partial charge in [-0.25, -0.2) is 0 Å². The average molecular weight is 291 g/mol. The summed E-state index contributed by atoms with van der Waals surface area (Å²) >= 11 is 0. The number of nitrogens with zero attached hydrogens (tertiary/aromatic N) is 2. The second-order valence-electron chi connectivity index (χ2n) is 5.29. The number of carbonyl (C=O) groups is 1. The summed E-state index contributed by atoms with van der Waals surface area (Å²) in [7, 11) is 1.69. The number of rotatable bonds is 6. The van der Waals surface area contributed by atoms with Crippen molar-refractivity contribution in [1.29, 1.82) is 0 Å². The number of piperazine rings is 1. The number of hydrogen-bond donors (Lipinski definition) is 1.